The maximum absolute atomic E-state index is 12.2. The molecule has 0 aromatic heterocycles. The van der Waals surface area contributed by atoms with Gasteiger partial charge in [0, 0.05) is 11.6 Å². The molecule has 10 nitrogen and oxygen atoms in total. The van der Waals surface area contributed by atoms with Gasteiger partial charge >= 0.3 is 5.97 Å². The van der Waals surface area contributed by atoms with Crippen molar-refractivity contribution in [1.82, 2.24) is 0 Å². The fourth-order valence-corrected chi connectivity index (χ4v) is 2.23. The van der Waals surface area contributed by atoms with Crippen LogP contribution in [-0.4, -0.2) is 28.8 Å². The smallest absolute Gasteiger partial charge is 0.339 e. The summed E-state index contributed by atoms with van der Waals surface area (Å²) >= 11 is 0. The number of nitro benzene ring substituents is 2. The molecule has 2 rings (SSSR count). The lowest BCUT2D eigenvalue weighted by atomic mass is 10.1. The van der Waals surface area contributed by atoms with Gasteiger partial charge < -0.3 is 10.1 Å². The van der Waals surface area contributed by atoms with E-state index in [2.05, 4.69) is 10.1 Å². The molecule has 0 aliphatic rings. The van der Waals surface area contributed by atoms with Gasteiger partial charge in [0.15, 0.2) is 0 Å². The van der Waals surface area contributed by atoms with Crippen molar-refractivity contribution in [3.8, 4) is 0 Å². The highest BCUT2D eigenvalue weighted by molar-refractivity contribution is 6.01. The van der Waals surface area contributed by atoms with Crippen molar-refractivity contribution in [3.63, 3.8) is 0 Å². The van der Waals surface area contributed by atoms with Gasteiger partial charge in [0.2, 0.25) is 5.91 Å². The van der Waals surface area contributed by atoms with Gasteiger partial charge in [-0.25, -0.2) is 4.79 Å². The standard InChI is InChI=1S/C16H13N3O7/c1-26-16(21)12-4-2-3-5-13(12)17-15(20)8-10-6-7-11(18(22)23)9-14(10)19(24)25/h2-7,9H,8H2,1H3,(H,17,20). The lowest BCUT2D eigenvalue weighted by Gasteiger charge is -2.09. The van der Waals surface area contributed by atoms with Gasteiger partial charge in [-0.05, 0) is 18.2 Å². The number of rotatable bonds is 6. The van der Waals surface area contributed by atoms with Crippen molar-refractivity contribution < 1.29 is 24.2 Å². The lowest BCUT2D eigenvalue weighted by molar-refractivity contribution is -0.394. The Kier molecular flexibility index (Phi) is 5.58. The highest BCUT2D eigenvalue weighted by Crippen LogP contribution is 2.25. The van der Waals surface area contributed by atoms with Crippen LogP contribution in [0.15, 0.2) is 42.5 Å². The first kappa shape index (κ1) is 18.5. The number of nitro groups is 2. The Bertz CT molecular complexity index is 895. The third-order valence-corrected chi connectivity index (χ3v) is 3.43. The van der Waals surface area contributed by atoms with Crippen LogP contribution in [0.3, 0.4) is 0 Å². The molecule has 0 saturated carbocycles. The summed E-state index contributed by atoms with van der Waals surface area (Å²) in [6, 6.07) is 9.15. The Hall–Kier alpha value is -3.82. The minimum Gasteiger partial charge on any atom is -0.465 e. The summed E-state index contributed by atoms with van der Waals surface area (Å²) < 4.78 is 4.62. The Morgan fingerprint density at radius 1 is 1.08 bits per heavy atom. The number of carbonyl (C=O) groups is 2. The van der Waals surface area contributed by atoms with E-state index in [0.717, 1.165) is 18.2 Å². The van der Waals surface area contributed by atoms with Gasteiger partial charge in [-0.2, -0.15) is 0 Å². The fraction of sp³-hybridized carbons (Fsp3) is 0.125. The second-order valence-corrected chi connectivity index (χ2v) is 5.09. The van der Waals surface area contributed by atoms with Gasteiger partial charge in [0.25, 0.3) is 11.4 Å². The van der Waals surface area contributed by atoms with E-state index < -0.39 is 39.5 Å². The van der Waals surface area contributed by atoms with Crippen LogP contribution in [0.5, 0.6) is 0 Å². The first-order chi connectivity index (χ1) is 12.3. The molecule has 2 aromatic rings. The van der Waals surface area contributed by atoms with E-state index in [0.29, 0.717) is 0 Å². The molecule has 0 radical (unpaired) electrons. The number of anilines is 1. The number of nitrogens with zero attached hydrogens (tertiary/aromatic N) is 2. The summed E-state index contributed by atoms with van der Waals surface area (Å²) in [4.78, 5) is 44.2. The molecule has 26 heavy (non-hydrogen) atoms. The monoisotopic (exact) mass is 359 g/mol. The van der Waals surface area contributed by atoms with Crippen molar-refractivity contribution in [3.05, 3.63) is 73.8 Å². The zero-order valence-corrected chi connectivity index (χ0v) is 13.5. The van der Waals surface area contributed by atoms with Gasteiger partial charge in [-0.3, -0.25) is 25.0 Å². The largest absolute Gasteiger partial charge is 0.465 e. The first-order valence-electron chi connectivity index (χ1n) is 7.22. The van der Waals surface area contributed by atoms with Crippen LogP contribution in [0.4, 0.5) is 17.1 Å². The molecule has 0 atom stereocenters. The zero-order chi connectivity index (χ0) is 19.3. The minimum absolute atomic E-state index is 0.00801. The number of hydrogen-bond donors (Lipinski definition) is 1. The summed E-state index contributed by atoms with van der Waals surface area (Å²) in [5.74, 6) is -1.28. The number of benzene rings is 2. The van der Waals surface area contributed by atoms with Crippen molar-refractivity contribution in [2.75, 3.05) is 12.4 Å². The number of amides is 1. The summed E-state index contributed by atoms with van der Waals surface area (Å²) in [6.45, 7) is 0. The fourth-order valence-electron chi connectivity index (χ4n) is 2.23. The number of ether oxygens (including phenoxy) is 1. The second kappa shape index (κ2) is 7.83. The van der Waals surface area contributed by atoms with E-state index in [-0.39, 0.29) is 16.8 Å². The number of esters is 1. The van der Waals surface area contributed by atoms with Crippen LogP contribution in [0.2, 0.25) is 0 Å². The van der Waals surface area contributed by atoms with E-state index in [9.17, 15) is 29.8 Å². The zero-order valence-electron chi connectivity index (χ0n) is 13.5. The minimum atomic E-state index is -0.794. The summed E-state index contributed by atoms with van der Waals surface area (Å²) in [5.41, 5.74) is -0.656. The Morgan fingerprint density at radius 2 is 1.77 bits per heavy atom. The molecule has 0 unspecified atom stereocenters. The van der Waals surface area contributed by atoms with Crippen molar-refractivity contribution >= 4 is 28.9 Å². The third-order valence-electron chi connectivity index (χ3n) is 3.43. The Balaban J connectivity index is 2.25. The quantitative estimate of drug-likeness (QED) is 0.474. The van der Waals surface area contributed by atoms with Crippen molar-refractivity contribution in [2.45, 2.75) is 6.42 Å². The van der Waals surface area contributed by atoms with Crippen LogP contribution < -0.4 is 5.32 Å². The van der Waals surface area contributed by atoms with E-state index in [4.69, 9.17) is 0 Å². The van der Waals surface area contributed by atoms with E-state index in [1.165, 1.54) is 19.2 Å². The van der Waals surface area contributed by atoms with Crippen LogP contribution in [-0.2, 0) is 16.0 Å². The van der Waals surface area contributed by atoms with Gasteiger partial charge in [-0.1, -0.05) is 12.1 Å². The van der Waals surface area contributed by atoms with Crippen LogP contribution in [0.25, 0.3) is 0 Å². The van der Waals surface area contributed by atoms with E-state index >= 15 is 0 Å². The molecule has 0 aliphatic heterocycles. The number of carbonyl (C=O) groups excluding carboxylic acids is 2. The normalized spacial score (nSPS) is 10.0. The van der Waals surface area contributed by atoms with Gasteiger partial charge in [0.05, 0.1) is 40.7 Å². The maximum atomic E-state index is 12.2. The molecule has 134 valence electrons. The Labute approximate surface area is 146 Å². The van der Waals surface area contributed by atoms with E-state index in [1.54, 1.807) is 12.1 Å². The predicted octanol–water partition coefficient (Wildman–Crippen LogP) is 2.47. The van der Waals surface area contributed by atoms with Crippen LogP contribution in [0.1, 0.15) is 15.9 Å². The number of nitrogens with one attached hydrogen (secondary N) is 1. The molecule has 2 aromatic carbocycles. The average molecular weight is 359 g/mol. The average Bonchev–Trinajstić information content (AvgIpc) is 2.61. The van der Waals surface area contributed by atoms with Crippen molar-refractivity contribution in [2.24, 2.45) is 0 Å². The van der Waals surface area contributed by atoms with Gasteiger partial charge in [-0.15, -0.1) is 0 Å². The van der Waals surface area contributed by atoms with Crippen LogP contribution in [0, 0.1) is 20.2 Å². The number of hydrogen-bond acceptors (Lipinski definition) is 7. The second-order valence-electron chi connectivity index (χ2n) is 5.09. The summed E-state index contributed by atoms with van der Waals surface area (Å²) in [6.07, 6.45) is -0.399. The molecular formula is C16H13N3O7. The molecule has 10 heteroatoms. The van der Waals surface area contributed by atoms with E-state index in [1.807, 2.05) is 0 Å². The molecule has 0 heterocycles. The topological polar surface area (TPSA) is 142 Å². The maximum Gasteiger partial charge on any atom is 0.339 e. The lowest BCUT2D eigenvalue weighted by Crippen LogP contribution is -2.17. The highest BCUT2D eigenvalue weighted by Gasteiger charge is 2.22. The number of methoxy groups -OCH3 is 1. The van der Waals surface area contributed by atoms with Crippen LogP contribution >= 0.6 is 0 Å². The van der Waals surface area contributed by atoms with Gasteiger partial charge in [0.1, 0.15) is 0 Å². The molecule has 0 spiro atoms. The molecule has 0 saturated heterocycles. The molecular weight excluding hydrogens is 346 g/mol. The Morgan fingerprint density at radius 3 is 2.38 bits per heavy atom. The molecule has 1 N–H and O–H groups in total. The first-order valence-corrected chi connectivity index (χ1v) is 7.22. The third kappa shape index (κ3) is 4.17. The summed E-state index contributed by atoms with van der Waals surface area (Å²) in [7, 11) is 1.20. The number of non-ortho nitro benzene ring substituents is 1. The molecule has 0 fully saturated rings. The predicted molar refractivity (Wildman–Crippen MR) is 89.9 cm³/mol. The number of para-hydroxylation sites is 1. The molecule has 0 bridgehead atoms. The highest BCUT2D eigenvalue weighted by atomic mass is 16.6. The SMILES string of the molecule is COC(=O)c1ccccc1NC(=O)Cc1ccc([N+](=O)[O-])cc1[N+](=O)[O-]. The summed E-state index contributed by atoms with van der Waals surface area (Å²) in [5, 5.41) is 24.3. The molecule has 1 amide bonds. The molecule has 0 aliphatic carbocycles. The van der Waals surface area contributed by atoms with Crippen molar-refractivity contribution in [1.29, 1.82) is 0 Å².